The second kappa shape index (κ2) is 11.4. The van der Waals surface area contributed by atoms with Gasteiger partial charge in [-0.25, -0.2) is 0 Å². The van der Waals surface area contributed by atoms with Crippen molar-refractivity contribution in [2.24, 2.45) is 10.9 Å². The van der Waals surface area contributed by atoms with Crippen molar-refractivity contribution in [1.29, 1.82) is 0 Å². The van der Waals surface area contributed by atoms with Crippen molar-refractivity contribution < 1.29 is 9.47 Å². The molecule has 0 saturated carbocycles. The Balaban J connectivity index is 1.60. The van der Waals surface area contributed by atoms with Crippen molar-refractivity contribution in [3.8, 4) is 5.75 Å². The zero-order valence-electron chi connectivity index (χ0n) is 19.1. The minimum Gasteiger partial charge on any atom is -0.495 e. The Hall–Kier alpha value is -1.99. The number of nitrogens with one attached hydrogen (secondary N) is 2. The fourth-order valence-electron chi connectivity index (χ4n) is 4.34. The maximum absolute atomic E-state index is 5.55. The van der Waals surface area contributed by atoms with Crippen LogP contribution in [-0.4, -0.2) is 82.5 Å². The molecule has 2 unspecified atom stereocenters. The number of methoxy groups -OCH3 is 1. The summed E-state index contributed by atoms with van der Waals surface area (Å²) in [5, 5.41) is 7.10. The molecular formula is C23H39N5O2. The number of hydrogen-bond donors (Lipinski definition) is 2. The van der Waals surface area contributed by atoms with Crippen LogP contribution in [0.4, 0.5) is 5.69 Å². The second-order valence-electron chi connectivity index (χ2n) is 8.43. The summed E-state index contributed by atoms with van der Waals surface area (Å²) in [4.78, 5) is 9.90. The summed E-state index contributed by atoms with van der Waals surface area (Å²) < 4.78 is 11.1. The van der Waals surface area contributed by atoms with Crippen molar-refractivity contribution in [2.45, 2.75) is 39.3 Å². The van der Waals surface area contributed by atoms with Crippen molar-refractivity contribution in [2.75, 3.05) is 64.5 Å². The number of anilines is 1. The van der Waals surface area contributed by atoms with Gasteiger partial charge in [-0.1, -0.05) is 26.0 Å². The minimum atomic E-state index is 0.369. The van der Waals surface area contributed by atoms with E-state index in [1.165, 1.54) is 5.69 Å². The predicted octanol–water partition coefficient (Wildman–Crippen LogP) is 2.19. The maximum Gasteiger partial charge on any atom is 0.191 e. The first-order chi connectivity index (χ1) is 14.6. The van der Waals surface area contributed by atoms with Gasteiger partial charge in [0, 0.05) is 44.8 Å². The SMILES string of the molecule is CCNC(=NCC(C(C)C)N1CCOCC1)NC1CCN(c2ccccc2OC)C1. The average Bonchev–Trinajstić information content (AvgIpc) is 3.22. The quantitative estimate of drug-likeness (QED) is 0.499. The van der Waals surface area contributed by atoms with E-state index in [1.54, 1.807) is 7.11 Å². The number of nitrogens with zero attached hydrogens (tertiary/aromatic N) is 3. The molecule has 2 aliphatic rings. The van der Waals surface area contributed by atoms with Crippen LogP contribution < -0.4 is 20.3 Å². The molecule has 0 bridgehead atoms. The molecule has 2 saturated heterocycles. The fourth-order valence-corrected chi connectivity index (χ4v) is 4.34. The number of rotatable bonds is 8. The van der Waals surface area contributed by atoms with Crippen LogP contribution in [0.3, 0.4) is 0 Å². The summed E-state index contributed by atoms with van der Waals surface area (Å²) in [5.41, 5.74) is 1.17. The third-order valence-corrected chi connectivity index (χ3v) is 6.02. The molecular weight excluding hydrogens is 378 g/mol. The van der Waals surface area contributed by atoms with Crippen LogP contribution in [0.5, 0.6) is 5.75 Å². The lowest BCUT2D eigenvalue weighted by Crippen LogP contribution is -2.49. The molecule has 2 atom stereocenters. The molecule has 168 valence electrons. The van der Waals surface area contributed by atoms with Gasteiger partial charge in [0.15, 0.2) is 5.96 Å². The van der Waals surface area contributed by atoms with Crippen LogP contribution >= 0.6 is 0 Å². The standard InChI is InChI=1S/C23H39N5O2/c1-5-24-23(25-16-21(18(2)3)27-12-14-30-15-13-27)26-19-10-11-28(17-19)20-8-6-7-9-22(20)29-4/h6-9,18-19,21H,5,10-17H2,1-4H3,(H2,24,25,26). The van der Waals surface area contributed by atoms with Gasteiger partial charge in [0.05, 0.1) is 32.6 Å². The molecule has 7 heteroatoms. The topological polar surface area (TPSA) is 61.4 Å². The summed E-state index contributed by atoms with van der Waals surface area (Å²) in [6, 6.07) is 9.06. The number of benzene rings is 1. The van der Waals surface area contributed by atoms with Gasteiger partial charge in [0.25, 0.3) is 0 Å². The van der Waals surface area contributed by atoms with Gasteiger partial charge in [-0.2, -0.15) is 0 Å². The molecule has 3 rings (SSSR count). The highest BCUT2D eigenvalue weighted by Crippen LogP contribution is 2.30. The third kappa shape index (κ3) is 6.01. The van der Waals surface area contributed by atoms with Crippen molar-refractivity contribution >= 4 is 11.6 Å². The molecule has 7 nitrogen and oxygen atoms in total. The van der Waals surface area contributed by atoms with Gasteiger partial charge < -0.3 is 25.0 Å². The molecule has 2 heterocycles. The van der Waals surface area contributed by atoms with Gasteiger partial charge in [-0.05, 0) is 31.4 Å². The maximum atomic E-state index is 5.55. The lowest BCUT2D eigenvalue weighted by molar-refractivity contribution is 0.00867. The van der Waals surface area contributed by atoms with E-state index in [1.807, 2.05) is 12.1 Å². The van der Waals surface area contributed by atoms with E-state index in [2.05, 4.69) is 53.3 Å². The average molecular weight is 418 g/mol. The number of hydrogen-bond acceptors (Lipinski definition) is 5. The van der Waals surface area contributed by atoms with Gasteiger partial charge >= 0.3 is 0 Å². The minimum absolute atomic E-state index is 0.369. The Kier molecular flexibility index (Phi) is 8.63. The molecule has 0 aliphatic carbocycles. The highest BCUT2D eigenvalue weighted by molar-refractivity contribution is 5.80. The summed E-state index contributed by atoms with van der Waals surface area (Å²) in [6.45, 7) is 14.0. The smallest absolute Gasteiger partial charge is 0.191 e. The molecule has 2 fully saturated rings. The zero-order valence-corrected chi connectivity index (χ0v) is 19.1. The second-order valence-corrected chi connectivity index (χ2v) is 8.43. The van der Waals surface area contributed by atoms with Crippen LogP contribution in [-0.2, 0) is 4.74 Å². The van der Waals surface area contributed by atoms with E-state index in [0.717, 1.165) is 70.6 Å². The summed E-state index contributed by atoms with van der Waals surface area (Å²) in [6.07, 6.45) is 1.08. The van der Waals surface area contributed by atoms with E-state index >= 15 is 0 Å². The molecule has 0 radical (unpaired) electrons. The Morgan fingerprint density at radius 1 is 1.23 bits per heavy atom. The lowest BCUT2D eigenvalue weighted by Gasteiger charge is -2.36. The predicted molar refractivity (Wildman–Crippen MR) is 124 cm³/mol. The zero-order chi connectivity index (χ0) is 21.3. The van der Waals surface area contributed by atoms with Crippen LogP contribution in [0.2, 0.25) is 0 Å². The largest absolute Gasteiger partial charge is 0.495 e. The molecule has 1 aromatic rings. The number of ether oxygens (including phenoxy) is 2. The molecule has 30 heavy (non-hydrogen) atoms. The first kappa shape index (κ1) is 22.7. The third-order valence-electron chi connectivity index (χ3n) is 6.02. The molecule has 2 aliphatic heterocycles. The number of guanidine groups is 1. The Morgan fingerprint density at radius 2 is 2.00 bits per heavy atom. The highest BCUT2D eigenvalue weighted by atomic mass is 16.5. The number of para-hydroxylation sites is 2. The summed E-state index contributed by atoms with van der Waals surface area (Å²) in [7, 11) is 1.74. The Bertz CT molecular complexity index is 675. The van der Waals surface area contributed by atoms with E-state index in [0.29, 0.717) is 18.0 Å². The molecule has 0 amide bonds. The van der Waals surface area contributed by atoms with Gasteiger partial charge in [-0.15, -0.1) is 0 Å². The van der Waals surface area contributed by atoms with Crippen molar-refractivity contribution in [1.82, 2.24) is 15.5 Å². The number of morpholine rings is 1. The van der Waals surface area contributed by atoms with Crippen LogP contribution in [0.25, 0.3) is 0 Å². The summed E-state index contributed by atoms with van der Waals surface area (Å²) in [5.74, 6) is 2.41. The van der Waals surface area contributed by atoms with Crippen molar-refractivity contribution in [3.63, 3.8) is 0 Å². The molecule has 1 aromatic carbocycles. The van der Waals surface area contributed by atoms with Gasteiger partial charge in [0.2, 0.25) is 0 Å². The molecule has 0 spiro atoms. The first-order valence-corrected chi connectivity index (χ1v) is 11.4. The fraction of sp³-hybridized carbons (Fsp3) is 0.696. The first-order valence-electron chi connectivity index (χ1n) is 11.4. The Morgan fingerprint density at radius 3 is 2.70 bits per heavy atom. The molecule has 2 N–H and O–H groups in total. The monoisotopic (exact) mass is 417 g/mol. The highest BCUT2D eigenvalue weighted by Gasteiger charge is 2.26. The summed E-state index contributed by atoms with van der Waals surface area (Å²) >= 11 is 0. The van der Waals surface area contributed by atoms with E-state index in [-0.39, 0.29) is 0 Å². The van der Waals surface area contributed by atoms with E-state index in [9.17, 15) is 0 Å². The normalized spacial score (nSPS) is 21.7. The van der Waals surface area contributed by atoms with Crippen LogP contribution in [0, 0.1) is 5.92 Å². The lowest BCUT2D eigenvalue weighted by atomic mass is 10.0. The van der Waals surface area contributed by atoms with Gasteiger partial charge in [0.1, 0.15) is 5.75 Å². The van der Waals surface area contributed by atoms with E-state index in [4.69, 9.17) is 14.5 Å². The van der Waals surface area contributed by atoms with Crippen LogP contribution in [0.15, 0.2) is 29.3 Å². The van der Waals surface area contributed by atoms with Crippen LogP contribution in [0.1, 0.15) is 27.2 Å². The van der Waals surface area contributed by atoms with E-state index < -0.39 is 0 Å². The van der Waals surface area contributed by atoms with Gasteiger partial charge in [-0.3, -0.25) is 9.89 Å². The number of aliphatic imine (C=N–C) groups is 1. The molecule has 0 aromatic heterocycles. The van der Waals surface area contributed by atoms with Crippen molar-refractivity contribution in [3.05, 3.63) is 24.3 Å². The Labute approximate surface area is 181 Å².